The molecule has 24 heavy (non-hydrogen) atoms. The lowest BCUT2D eigenvalue weighted by Crippen LogP contribution is -2.10. The maximum atomic E-state index is 12.5. The Hall–Kier alpha value is -2.55. The van der Waals surface area contributed by atoms with Crippen molar-refractivity contribution in [2.24, 2.45) is 0 Å². The van der Waals surface area contributed by atoms with Gasteiger partial charge in [-0.3, -0.25) is 4.79 Å². The molecule has 0 spiro atoms. The summed E-state index contributed by atoms with van der Waals surface area (Å²) in [4.78, 5) is 12.5. The Labute approximate surface area is 143 Å². The molecule has 0 saturated carbocycles. The summed E-state index contributed by atoms with van der Waals surface area (Å²) in [5.74, 6) is 1.04. The first-order valence-electron chi connectivity index (χ1n) is 7.90. The van der Waals surface area contributed by atoms with Crippen LogP contribution in [0.4, 0.5) is 0 Å². The van der Waals surface area contributed by atoms with Crippen molar-refractivity contribution < 1.29 is 14.3 Å². The molecule has 3 nitrogen and oxygen atoms in total. The molecule has 2 rings (SSSR count). The topological polar surface area (TPSA) is 35.5 Å². The molecule has 0 atom stereocenters. The molecule has 0 N–H and O–H groups in total. The van der Waals surface area contributed by atoms with Crippen molar-refractivity contribution in [3.8, 4) is 11.5 Å². The van der Waals surface area contributed by atoms with Crippen LogP contribution in [0.25, 0.3) is 6.08 Å². The summed E-state index contributed by atoms with van der Waals surface area (Å²) in [5.41, 5.74) is 2.85. The lowest BCUT2D eigenvalue weighted by atomic mass is 9.87. The standard InChI is InChI=1S/C21H24O3/c1-21(2,3)16-9-6-15(7-10-16)8-12-19(22)18-14-17(23-4)11-13-20(18)24-5/h6-14H,1-5H3. The number of carbonyl (C=O) groups excluding carboxylic acids is 1. The summed E-state index contributed by atoms with van der Waals surface area (Å²) in [6.45, 7) is 6.53. The van der Waals surface area contributed by atoms with Crippen molar-refractivity contribution in [2.75, 3.05) is 14.2 Å². The molecule has 0 fully saturated rings. The number of ether oxygens (including phenoxy) is 2. The van der Waals surface area contributed by atoms with Gasteiger partial charge in [0.15, 0.2) is 5.78 Å². The Bertz CT molecular complexity index is 735. The van der Waals surface area contributed by atoms with Crippen molar-refractivity contribution in [3.63, 3.8) is 0 Å². The molecule has 3 heteroatoms. The predicted molar refractivity (Wildman–Crippen MR) is 98.1 cm³/mol. The van der Waals surface area contributed by atoms with Crippen LogP contribution in [0.1, 0.15) is 42.3 Å². The fraction of sp³-hybridized carbons (Fsp3) is 0.286. The van der Waals surface area contributed by atoms with E-state index in [1.165, 1.54) is 5.56 Å². The molecule has 0 saturated heterocycles. The number of benzene rings is 2. The Morgan fingerprint density at radius 3 is 2.17 bits per heavy atom. The van der Waals surface area contributed by atoms with E-state index in [-0.39, 0.29) is 11.2 Å². The number of hydrogen-bond donors (Lipinski definition) is 0. The van der Waals surface area contributed by atoms with Crippen LogP contribution in [-0.2, 0) is 5.41 Å². The second-order valence-electron chi connectivity index (χ2n) is 6.64. The van der Waals surface area contributed by atoms with Gasteiger partial charge in [0.25, 0.3) is 0 Å². The van der Waals surface area contributed by atoms with E-state index in [0.29, 0.717) is 17.1 Å². The zero-order valence-electron chi connectivity index (χ0n) is 14.9. The van der Waals surface area contributed by atoms with Crippen molar-refractivity contribution in [2.45, 2.75) is 26.2 Å². The van der Waals surface area contributed by atoms with Gasteiger partial charge in [-0.15, -0.1) is 0 Å². The maximum absolute atomic E-state index is 12.5. The van der Waals surface area contributed by atoms with Crippen molar-refractivity contribution in [1.82, 2.24) is 0 Å². The molecule has 0 heterocycles. The van der Waals surface area contributed by atoms with Gasteiger partial charge in [0.2, 0.25) is 0 Å². The van der Waals surface area contributed by atoms with Gasteiger partial charge in [-0.2, -0.15) is 0 Å². The smallest absolute Gasteiger partial charge is 0.189 e. The predicted octanol–water partition coefficient (Wildman–Crippen LogP) is 4.90. The van der Waals surface area contributed by atoms with Crippen LogP contribution >= 0.6 is 0 Å². The molecule has 0 bridgehead atoms. The van der Waals surface area contributed by atoms with E-state index >= 15 is 0 Å². The van der Waals surface area contributed by atoms with Crippen LogP contribution in [-0.4, -0.2) is 20.0 Å². The van der Waals surface area contributed by atoms with Crippen molar-refractivity contribution in [1.29, 1.82) is 0 Å². The van der Waals surface area contributed by atoms with Gasteiger partial charge in [-0.05, 0) is 40.8 Å². The van der Waals surface area contributed by atoms with Gasteiger partial charge in [0, 0.05) is 0 Å². The zero-order chi connectivity index (χ0) is 17.7. The van der Waals surface area contributed by atoms with E-state index in [0.717, 1.165) is 5.56 Å². The minimum absolute atomic E-state index is 0.117. The normalized spacial score (nSPS) is 11.5. The fourth-order valence-corrected chi connectivity index (χ4v) is 2.36. The molecular weight excluding hydrogens is 300 g/mol. The molecule has 126 valence electrons. The van der Waals surface area contributed by atoms with Gasteiger partial charge in [0.05, 0.1) is 19.8 Å². The number of hydrogen-bond acceptors (Lipinski definition) is 3. The molecule has 0 amide bonds. The number of carbonyl (C=O) groups is 1. The molecule has 0 aromatic heterocycles. The highest BCUT2D eigenvalue weighted by Crippen LogP contribution is 2.25. The highest BCUT2D eigenvalue weighted by molar-refractivity contribution is 6.08. The van der Waals surface area contributed by atoms with E-state index < -0.39 is 0 Å². The third-order valence-electron chi connectivity index (χ3n) is 3.88. The van der Waals surface area contributed by atoms with E-state index in [1.807, 2.05) is 18.2 Å². The Balaban J connectivity index is 2.21. The lowest BCUT2D eigenvalue weighted by Gasteiger charge is -2.18. The molecule has 0 radical (unpaired) electrons. The summed E-state index contributed by atoms with van der Waals surface area (Å²) in [7, 11) is 3.12. The number of methoxy groups -OCH3 is 2. The fourth-order valence-electron chi connectivity index (χ4n) is 2.36. The van der Waals surface area contributed by atoms with E-state index in [4.69, 9.17) is 9.47 Å². The summed E-state index contributed by atoms with van der Waals surface area (Å²) in [6.07, 6.45) is 3.37. The Morgan fingerprint density at radius 2 is 1.62 bits per heavy atom. The lowest BCUT2D eigenvalue weighted by molar-refractivity contribution is 0.104. The minimum Gasteiger partial charge on any atom is -0.497 e. The average Bonchev–Trinajstić information content (AvgIpc) is 2.58. The maximum Gasteiger partial charge on any atom is 0.189 e. The van der Waals surface area contributed by atoms with Gasteiger partial charge >= 0.3 is 0 Å². The van der Waals surface area contributed by atoms with Gasteiger partial charge in [-0.25, -0.2) is 0 Å². The average molecular weight is 324 g/mol. The zero-order valence-corrected chi connectivity index (χ0v) is 14.9. The first kappa shape index (κ1) is 17.8. The van der Waals surface area contributed by atoms with E-state index in [2.05, 4.69) is 32.9 Å². The first-order chi connectivity index (χ1) is 11.3. The van der Waals surface area contributed by atoms with Crippen LogP contribution in [0, 0.1) is 0 Å². The first-order valence-corrected chi connectivity index (χ1v) is 7.90. The van der Waals surface area contributed by atoms with Crippen LogP contribution in [0.15, 0.2) is 48.5 Å². The SMILES string of the molecule is COc1ccc(OC)c(C(=O)C=Cc2ccc(C(C)(C)C)cc2)c1. The second kappa shape index (κ2) is 7.35. The van der Waals surface area contributed by atoms with Gasteiger partial charge in [-0.1, -0.05) is 51.1 Å². The largest absolute Gasteiger partial charge is 0.497 e. The summed E-state index contributed by atoms with van der Waals surface area (Å²) in [6, 6.07) is 13.4. The molecule has 2 aromatic rings. The second-order valence-corrected chi connectivity index (χ2v) is 6.64. The molecule has 0 aliphatic heterocycles. The Kier molecular flexibility index (Phi) is 5.45. The third kappa shape index (κ3) is 4.25. The summed E-state index contributed by atoms with van der Waals surface area (Å²) in [5, 5.41) is 0. The van der Waals surface area contributed by atoms with E-state index in [1.54, 1.807) is 38.5 Å². The quantitative estimate of drug-likeness (QED) is 0.580. The summed E-state index contributed by atoms with van der Waals surface area (Å²) >= 11 is 0. The number of ketones is 1. The molecular formula is C21H24O3. The third-order valence-corrected chi connectivity index (χ3v) is 3.88. The van der Waals surface area contributed by atoms with Crippen LogP contribution in [0.3, 0.4) is 0 Å². The van der Waals surface area contributed by atoms with Crippen LogP contribution < -0.4 is 9.47 Å². The molecule has 0 aliphatic carbocycles. The van der Waals surface area contributed by atoms with Crippen LogP contribution in [0.2, 0.25) is 0 Å². The minimum atomic E-state index is -0.120. The summed E-state index contributed by atoms with van der Waals surface area (Å²) < 4.78 is 10.4. The molecule has 2 aromatic carbocycles. The van der Waals surface area contributed by atoms with Crippen molar-refractivity contribution >= 4 is 11.9 Å². The number of allylic oxidation sites excluding steroid dienone is 1. The highest BCUT2D eigenvalue weighted by Gasteiger charge is 2.13. The molecule has 0 aliphatic rings. The van der Waals surface area contributed by atoms with Gasteiger partial charge in [0.1, 0.15) is 11.5 Å². The molecule has 0 unspecified atom stereocenters. The highest BCUT2D eigenvalue weighted by atomic mass is 16.5. The van der Waals surface area contributed by atoms with E-state index in [9.17, 15) is 4.79 Å². The van der Waals surface area contributed by atoms with Gasteiger partial charge < -0.3 is 9.47 Å². The van der Waals surface area contributed by atoms with Crippen molar-refractivity contribution in [3.05, 3.63) is 65.2 Å². The van der Waals surface area contributed by atoms with Crippen LogP contribution in [0.5, 0.6) is 11.5 Å². The Morgan fingerprint density at radius 1 is 0.958 bits per heavy atom. The monoisotopic (exact) mass is 324 g/mol. The number of rotatable bonds is 5.